The Labute approximate surface area is 120 Å². The number of aromatic nitrogens is 2. The predicted octanol–water partition coefficient (Wildman–Crippen LogP) is -0.687. The molecule has 1 aromatic rings. The standard InChI is InChI=1S/C13H17N3O5/c1-2-5-16-11(18)4-3-9(14-16)12(19)15-7-8(17)6-10(15)13(20)21/h3-4,8,10,17H,2,5-7H2,1H3,(H,20,21)/t8-,10-/m0/s1. The molecule has 1 aliphatic heterocycles. The van der Waals surface area contributed by atoms with Crippen LogP contribution in [0.15, 0.2) is 16.9 Å². The summed E-state index contributed by atoms with van der Waals surface area (Å²) >= 11 is 0. The molecule has 8 nitrogen and oxygen atoms in total. The average molecular weight is 295 g/mol. The number of aliphatic carboxylic acids is 1. The number of carbonyl (C=O) groups is 2. The van der Waals surface area contributed by atoms with E-state index in [0.717, 1.165) is 4.90 Å². The maximum atomic E-state index is 12.3. The summed E-state index contributed by atoms with van der Waals surface area (Å²) in [5.74, 6) is -1.76. The topological polar surface area (TPSA) is 113 Å². The van der Waals surface area contributed by atoms with E-state index < -0.39 is 24.0 Å². The number of carboxylic acids is 1. The van der Waals surface area contributed by atoms with Crippen molar-refractivity contribution in [1.29, 1.82) is 0 Å². The van der Waals surface area contributed by atoms with Crippen molar-refractivity contribution in [2.45, 2.75) is 38.5 Å². The summed E-state index contributed by atoms with van der Waals surface area (Å²) in [6, 6.07) is 1.44. The number of rotatable bonds is 4. The van der Waals surface area contributed by atoms with E-state index in [1.54, 1.807) is 0 Å². The van der Waals surface area contributed by atoms with Crippen LogP contribution in [-0.4, -0.2) is 55.5 Å². The van der Waals surface area contributed by atoms with Crippen LogP contribution >= 0.6 is 0 Å². The van der Waals surface area contributed by atoms with Crippen LogP contribution in [0.1, 0.15) is 30.3 Å². The zero-order chi connectivity index (χ0) is 15.6. The Morgan fingerprint density at radius 3 is 2.76 bits per heavy atom. The number of carboxylic acid groups (broad SMARTS) is 1. The van der Waals surface area contributed by atoms with Gasteiger partial charge in [-0.1, -0.05) is 6.92 Å². The van der Waals surface area contributed by atoms with Gasteiger partial charge in [-0.25, -0.2) is 9.48 Å². The fourth-order valence-electron chi connectivity index (χ4n) is 2.35. The van der Waals surface area contributed by atoms with Crippen LogP contribution in [-0.2, 0) is 11.3 Å². The number of nitrogens with zero attached hydrogens (tertiary/aromatic N) is 3. The summed E-state index contributed by atoms with van der Waals surface area (Å²) in [6.45, 7) is 2.20. The van der Waals surface area contributed by atoms with Crippen molar-refractivity contribution in [3.8, 4) is 0 Å². The molecule has 1 saturated heterocycles. The molecule has 0 spiro atoms. The third-order valence-electron chi connectivity index (χ3n) is 3.35. The van der Waals surface area contributed by atoms with Crippen LogP contribution < -0.4 is 5.56 Å². The summed E-state index contributed by atoms with van der Waals surface area (Å²) in [5.41, 5.74) is -0.312. The molecule has 0 aromatic carbocycles. The lowest BCUT2D eigenvalue weighted by atomic mass is 10.2. The number of β-amino-alcohol motifs (C(OH)–C–C–N with tert-alkyl or cyclic N) is 1. The highest BCUT2D eigenvalue weighted by atomic mass is 16.4. The van der Waals surface area contributed by atoms with Gasteiger partial charge in [-0.3, -0.25) is 9.59 Å². The van der Waals surface area contributed by atoms with Crippen LogP contribution in [0.2, 0.25) is 0 Å². The van der Waals surface area contributed by atoms with E-state index in [1.165, 1.54) is 16.8 Å². The number of aliphatic hydroxyl groups excluding tert-OH is 1. The SMILES string of the molecule is CCCn1nc(C(=O)N2C[C@@H](O)C[C@H]2C(=O)O)ccc1=O. The molecule has 0 unspecified atom stereocenters. The zero-order valence-corrected chi connectivity index (χ0v) is 11.6. The van der Waals surface area contributed by atoms with Gasteiger partial charge in [0.2, 0.25) is 0 Å². The minimum Gasteiger partial charge on any atom is -0.480 e. The molecule has 8 heteroatoms. The fraction of sp³-hybridized carbons (Fsp3) is 0.538. The van der Waals surface area contributed by atoms with Gasteiger partial charge in [-0.05, 0) is 12.5 Å². The highest BCUT2D eigenvalue weighted by molar-refractivity contribution is 5.95. The minimum absolute atomic E-state index is 0.00315. The van der Waals surface area contributed by atoms with E-state index in [-0.39, 0.29) is 24.2 Å². The Morgan fingerprint density at radius 1 is 1.43 bits per heavy atom. The van der Waals surface area contributed by atoms with Crippen LogP contribution in [0, 0.1) is 0 Å². The Hall–Kier alpha value is -2.22. The molecule has 0 saturated carbocycles. The second kappa shape index (κ2) is 6.04. The van der Waals surface area contributed by atoms with Crippen LogP contribution in [0.3, 0.4) is 0 Å². The molecule has 1 fully saturated rings. The van der Waals surface area contributed by atoms with Gasteiger partial charge in [0.15, 0.2) is 0 Å². The molecular formula is C13H17N3O5. The number of aryl methyl sites for hydroxylation is 1. The van der Waals surface area contributed by atoms with Gasteiger partial charge in [0.1, 0.15) is 11.7 Å². The highest BCUT2D eigenvalue weighted by Gasteiger charge is 2.39. The minimum atomic E-state index is -1.17. The first-order chi connectivity index (χ1) is 9.93. The zero-order valence-electron chi connectivity index (χ0n) is 11.6. The molecule has 114 valence electrons. The van der Waals surface area contributed by atoms with Crippen molar-refractivity contribution >= 4 is 11.9 Å². The number of amides is 1. The first-order valence-electron chi connectivity index (χ1n) is 6.74. The third kappa shape index (κ3) is 3.10. The fourth-order valence-corrected chi connectivity index (χ4v) is 2.35. The molecule has 21 heavy (non-hydrogen) atoms. The Bertz CT molecular complexity index is 612. The first-order valence-corrected chi connectivity index (χ1v) is 6.74. The molecule has 2 rings (SSSR count). The van der Waals surface area contributed by atoms with Crippen molar-refractivity contribution in [3.05, 3.63) is 28.2 Å². The van der Waals surface area contributed by atoms with Crippen molar-refractivity contribution in [1.82, 2.24) is 14.7 Å². The first kappa shape index (κ1) is 15.2. The molecule has 0 bridgehead atoms. The normalized spacial score (nSPS) is 21.5. The van der Waals surface area contributed by atoms with Gasteiger partial charge in [0, 0.05) is 25.6 Å². The Balaban J connectivity index is 2.29. The summed E-state index contributed by atoms with van der Waals surface area (Å²) in [4.78, 5) is 36.1. The van der Waals surface area contributed by atoms with E-state index in [0.29, 0.717) is 13.0 Å². The van der Waals surface area contributed by atoms with Gasteiger partial charge in [0.05, 0.1) is 6.10 Å². The van der Waals surface area contributed by atoms with Crippen molar-refractivity contribution in [2.75, 3.05) is 6.54 Å². The van der Waals surface area contributed by atoms with Gasteiger partial charge in [-0.2, -0.15) is 5.10 Å². The van der Waals surface area contributed by atoms with Crippen molar-refractivity contribution < 1.29 is 19.8 Å². The van der Waals surface area contributed by atoms with E-state index in [4.69, 9.17) is 5.11 Å². The summed E-state index contributed by atoms with van der Waals surface area (Å²) in [7, 11) is 0. The molecular weight excluding hydrogens is 278 g/mol. The second-order valence-corrected chi connectivity index (χ2v) is 4.98. The maximum absolute atomic E-state index is 12.3. The molecule has 1 aromatic heterocycles. The molecule has 2 N–H and O–H groups in total. The summed E-state index contributed by atoms with van der Waals surface area (Å²) in [5, 5.41) is 22.6. The number of likely N-dealkylation sites (tertiary alicyclic amines) is 1. The molecule has 1 aliphatic rings. The summed E-state index contributed by atoms with van der Waals surface area (Å²) in [6.07, 6.45) is -0.183. The Kier molecular flexibility index (Phi) is 4.37. The van der Waals surface area contributed by atoms with Gasteiger partial charge in [0.25, 0.3) is 11.5 Å². The number of hydrogen-bond donors (Lipinski definition) is 2. The number of hydrogen-bond acceptors (Lipinski definition) is 5. The quantitative estimate of drug-likeness (QED) is 0.760. The van der Waals surface area contributed by atoms with E-state index >= 15 is 0 Å². The van der Waals surface area contributed by atoms with Gasteiger partial charge >= 0.3 is 5.97 Å². The molecule has 2 heterocycles. The van der Waals surface area contributed by atoms with Crippen molar-refractivity contribution in [2.24, 2.45) is 0 Å². The van der Waals surface area contributed by atoms with Gasteiger partial charge in [-0.15, -0.1) is 0 Å². The molecule has 2 atom stereocenters. The predicted molar refractivity (Wildman–Crippen MR) is 71.9 cm³/mol. The average Bonchev–Trinajstić information content (AvgIpc) is 2.83. The summed E-state index contributed by atoms with van der Waals surface area (Å²) < 4.78 is 1.18. The second-order valence-electron chi connectivity index (χ2n) is 4.98. The molecule has 0 aliphatic carbocycles. The number of carbonyl (C=O) groups excluding carboxylic acids is 1. The van der Waals surface area contributed by atoms with E-state index in [2.05, 4.69) is 5.10 Å². The highest BCUT2D eigenvalue weighted by Crippen LogP contribution is 2.20. The molecule has 1 amide bonds. The van der Waals surface area contributed by atoms with Crippen LogP contribution in [0.4, 0.5) is 0 Å². The smallest absolute Gasteiger partial charge is 0.326 e. The lowest BCUT2D eigenvalue weighted by Gasteiger charge is -2.20. The van der Waals surface area contributed by atoms with Crippen LogP contribution in [0.25, 0.3) is 0 Å². The van der Waals surface area contributed by atoms with Crippen molar-refractivity contribution in [3.63, 3.8) is 0 Å². The lowest BCUT2D eigenvalue weighted by Crippen LogP contribution is -2.41. The monoisotopic (exact) mass is 295 g/mol. The maximum Gasteiger partial charge on any atom is 0.326 e. The third-order valence-corrected chi connectivity index (χ3v) is 3.35. The van der Waals surface area contributed by atoms with Crippen LogP contribution in [0.5, 0.6) is 0 Å². The Morgan fingerprint density at radius 2 is 2.14 bits per heavy atom. The van der Waals surface area contributed by atoms with E-state index in [1.807, 2.05) is 6.92 Å². The molecule has 0 radical (unpaired) electrons. The van der Waals surface area contributed by atoms with E-state index in [9.17, 15) is 19.5 Å². The lowest BCUT2D eigenvalue weighted by molar-refractivity contribution is -0.141. The van der Waals surface area contributed by atoms with Gasteiger partial charge < -0.3 is 15.1 Å². The number of aliphatic hydroxyl groups is 1. The largest absolute Gasteiger partial charge is 0.480 e.